The van der Waals surface area contributed by atoms with Crippen molar-refractivity contribution in [2.75, 3.05) is 37.6 Å². The molecule has 1 aromatic rings. The fourth-order valence-corrected chi connectivity index (χ4v) is 2.55. The smallest absolute Gasteiger partial charge is 0.128 e. The lowest BCUT2D eigenvalue weighted by Crippen LogP contribution is -2.46. The molecule has 0 aliphatic carbocycles. The van der Waals surface area contributed by atoms with Crippen LogP contribution in [0.3, 0.4) is 0 Å². The lowest BCUT2D eigenvalue weighted by atomic mass is 10.2. The van der Waals surface area contributed by atoms with Crippen molar-refractivity contribution in [2.45, 2.75) is 33.4 Å². The first-order valence-electron chi connectivity index (χ1n) is 7.45. The molecule has 0 radical (unpaired) electrons. The van der Waals surface area contributed by atoms with Crippen molar-refractivity contribution >= 4 is 17.4 Å². The first-order valence-corrected chi connectivity index (χ1v) is 7.83. The second-order valence-corrected chi connectivity index (χ2v) is 6.00. The monoisotopic (exact) mass is 296 g/mol. The summed E-state index contributed by atoms with van der Waals surface area (Å²) in [6, 6.07) is 2.58. The maximum absolute atomic E-state index is 6.23. The second-order valence-electron chi connectivity index (χ2n) is 5.59. The van der Waals surface area contributed by atoms with E-state index < -0.39 is 0 Å². The fraction of sp³-hybridized carbons (Fsp3) is 0.667. The number of hydrogen-bond donors (Lipinski definition) is 1. The van der Waals surface area contributed by atoms with Gasteiger partial charge in [-0.2, -0.15) is 0 Å². The van der Waals surface area contributed by atoms with E-state index in [1.807, 2.05) is 0 Å². The zero-order valence-corrected chi connectivity index (χ0v) is 13.5. The third-order valence-electron chi connectivity index (χ3n) is 3.76. The van der Waals surface area contributed by atoms with Gasteiger partial charge in [0.15, 0.2) is 0 Å². The summed E-state index contributed by atoms with van der Waals surface area (Å²) in [7, 11) is 0. The summed E-state index contributed by atoms with van der Waals surface area (Å²) >= 11 is 6.23. The van der Waals surface area contributed by atoms with Gasteiger partial charge in [-0.3, -0.25) is 0 Å². The highest BCUT2D eigenvalue weighted by Gasteiger charge is 2.17. The average Bonchev–Trinajstić information content (AvgIpc) is 2.46. The van der Waals surface area contributed by atoms with Crippen molar-refractivity contribution in [3.63, 3.8) is 0 Å². The number of rotatable bonds is 5. The van der Waals surface area contributed by atoms with E-state index in [0.717, 1.165) is 55.7 Å². The van der Waals surface area contributed by atoms with Crippen LogP contribution in [-0.2, 0) is 6.54 Å². The van der Waals surface area contributed by atoms with E-state index in [9.17, 15) is 0 Å². The number of nitrogens with one attached hydrogen (secondary N) is 1. The number of pyridine rings is 1. The van der Waals surface area contributed by atoms with E-state index in [2.05, 4.69) is 46.9 Å². The van der Waals surface area contributed by atoms with Crippen LogP contribution in [0, 0.1) is 0 Å². The Labute approximate surface area is 127 Å². The Morgan fingerprint density at radius 3 is 2.60 bits per heavy atom. The molecule has 2 rings (SSSR count). The molecule has 1 saturated heterocycles. The van der Waals surface area contributed by atoms with E-state index in [0.29, 0.717) is 6.04 Å². The van der Waals surface area contributed by atoms with Crippen molar-refractivity contribution in [3.8, 4) is 0 Å². The van der Waals surface area contributed by atoms with Gasteiger partial charge in [-0.15, -0.1) is 0 Å². The number of likely N-dealkylation sites (N-methyl/N-ethyl adjacent to an activating group) is 1. The van der Waals surface area contributed by atoms with Gasteiger partial charge in [0.1, 0.15) is 5.82 Å². The first kappa shape index (κ1) is 15.5. The van der Waals surface area contributed by atoms with Gasteiger partial charge in [0, 0.05) is 45.0 Å². The molecule has 0 saturated carbocycles. The highest BCUT2D eigenvalue weighted by atomic mass is 35.5. The highest BCUT2D eigenvalue weighted by Crippen LogP contribution is 2.21. The van der Waals surface area contributed by atoms with E-state index in [1.165, 1.54) is 0 Å². The molecule has 1 N–H and O–H groups in total. The maximum Gasteiger partial charge on any atom is 0.128 e. The minimum atomic E-state index is 0.454. The van der Waals surface area contributed by atoms with Crippen LogP contribution in [0.2, 0.25) is 5.02 Å². The molecular formula is C15H25ClN4. The van der Waals surface area contributed by atoms with Crippen molar-refractivity contribution in [1.29, 1.82) is 0 Å². The van der Waals surface area contributed by atoms with Crippen LogP contribution in [0.25, 0.3) is 0 Å². The van der Waals surface area contributed by atoms with Crippen molar-refractivity contribution in [3.05, 3.63) is 22.8 Å². The molecule has 1 fully saturated rings. The van der Waals surface area contributed by atoms with Gasteiger partial charge in [0.25, 0.3) is 0 Å². The SMILES string of the molecule is CCN1CCN(c2cc(CNC(C)C)c(Cl)cn2)CC1. The fourth-order valence-electron chi connectivity index (χ4n) is 2.38. The van der Waals surface area contributed by atoms with E-state index >= 15 is 0 Å². The highest BCUT2D eigenvalue weighted by molar-refractivity contribution is 6.31. The number of aromatic nitrogens is 1. The Kier molecular flexibility index (Phi) is 5.64. The topological polar surface area (TPSA) is 31.4 Å². The number of anilines is 1. The number of nitrogens with zero attached hydrogens (tertiary/aromatic N) is 3. The minimum absolute atomic E-state index is 0.454. The predicted molar refractivity (Wildman–Crippen MR) is 85.5 cm³/mol. The van der Waals surface area contributed by atoms with Gasteiger partial charge < -0.3 is 15.1 Å². The van der Waals surface area contributed by atoms with Crippen LogP contribution in [0.15, 0.2) is 12.3 Å². The van der Waals surface area contributed by atoms with Gasteiger partial charge in [-0.05, 0) is 18.2 Å². The minimum Gasteiger partial charge on any atom is -0.354 e. The third kappa shape index (κ3) is 4.08. The Hall–Kier alpha value is -0.840. The van der Waals surface area contributed by atoms with Crippen LogP contribution in [0.4, 0.5) is 5.82 Å². The Morgan fingerprint density at radius 1 is 1.30 bits per heavy atom. The summed E-state index contributed by atoms with van der Waals surface area (Å²) in [6.45, 7) is 12.7. The lowest BCUT2D eigenvalue weighted by Gasteiger charge is -2.35. The molecule has 112 valence electrons. The second kappa shape index (κ2) is 7.25. The van der Waals surface area contributed by atoms with E-state index in [1.54, 1.807) is 6.20 Å². The van der Waals surface area contributed by atoms with Crippen LogP contribution in [0.5, 0.6) is 0 Å². The lowest BCUT2D eigenvalue weighted by molar-refractivity contribution is 0.270. The summed E-state index contributed by atoms with van der Waals surface area (Å²) in [4.78, 5) is 9.30. The average molecular weight is 297 g/mol. The summed E-state index contributed by atoms with van der Waals surface area (Å²) < 4.78 is 0. The molecule has 0 atom stereocenters. The molecule has 0 bridgehead atoms. The molecule has 20 heavy (non-hydrogen) atoms. The molecule has 1 aliphatic heterocycles. The summed E-state index contributed by atoms with van der Waals surface area (Å²) in [6.07, 6.45) is 1.78. The maximum atomic E-state index is 6.23. The molecule has 2 heterocycles. The molecule has 1 aromatic heterocycles. The standard InChI is InChI=1S/C15H25ClN4/c1-4-19-5-7-20(8-6-19)15-9-13(10-17-12(2)3)14(16)11-18-15/h9,11-12,17H,4-8,10H2,1-3H3. The van der Waals surface area contributed by atoms with Crippen LogP contribution in [-0.4, -0.2) is 48.6 Å². The Morgan fingerprint density at radius 2 is 2.00 bits per heavy atom. The van der Waals surface area contributed by atoms with Gasteiger partial charge in [0.2, 0.25) is 0 Å². The molecule has 4 nitrogen and oxygen atoms in total. The Balaban J connectivity index is 2.03. The van der Waals surface area contributed by atoms with E-state index in [-0.39, 0.29) is 0 Å². The van der Waals surface area contributed by atoms with Crippen molar-refractivity contribution in [2.24, 2.45) is 0 Å². The third-order valence-corrected chi connectivity index (χ3v) is 4.10. The van der Waals surface area contributed by atoms with Gasteiger partial charge in [0.05, 0.1) is 5.02 Å². The number of hydrogen-bond acceptors (Lipinski definition) is 4. The largest absolute Gasteiger partial charge is 0.354 e. The first-order chi connectivity index (χ1) is 9.60. The molecular weight excluding hydrogens is 272 g/mol. The van der Waals surface area contributed by atoms with Gasteiger partial charge in [-0.25, -0.2) is 4.98 Å². The van der Waals surface area contributed by atoms with Crippen LogP contribution in [0.1, 0.15) is 26.3 Å². The summed E-state index contributed by atoms with van der Waals surface area (Å²) in [5, 5.41) is 4.15. The summed E-state index contributed by atoms with van der Waals surface area (Å²) in [5.41, 5.74) is 1.13. The molecule has 5 heteroatoms. The molecule has 0 unspecified atom stereocenters. The normalized spacial score (nSPS) is 16.9. The van der Waals surface area contributed by atoms with E-state index in [4.69, 9.17) is 11.6 Å². The van der Waals surface area contributed by atoms with Crippen molar-refractivity contribution in [1.82, 2.24) is 15.2 Å². The molecule has 1 aliphatic rings. The van der Waals surface area contributed by atoms with Gasteiger partial charge in [-0.1, -0.05) is 32.4 Å². The van der Waals surface area contributed by atoms with Crippen molar-refractivity contribution < 1.29 is 0 Å². The zero-order chi connectivity index (χ0) is 14.5. The van der Waals surface area contributed by atoms with Crippen LogP contribution < -0.4 is 10.2 Å². The Bertz CT molecular complexity index is 428. The number of piperazine rings is 1. The number of halogens is 1. The molecule has 0 spiro atoms. The summed E-state index contributed by atoms with van der Waals surface area (Å²) in [5.74, 6) is 1.05. The zero-order valence-electron chi connectivity index (χ0n) is 12.7. The predicted octanol–water partition coefficient (Wildman–Crippen LogP) is 2.37. The van der Waals surface area contributed by atoms with Crippen LogP contribution >= 0.6 is 11.6 Å². The molecule has 0 amide bonds. The van der Waals surface area contributed by atoms with Gasteiger partial charge >= 0.3 is 0 Å². The quantitative estimate of drug-likeness (QED) is 0.904. The molecule has 0 aromatic carbocycles.